The average Bonchev–Trinajstić information content (AvgIpc) is 2.66. The largest absolute Gasteiger partial charge is 0.494 e. The number of carbonyl (C=O) groups is 1. The topological polar surface area (TPSA) is 59.0 Å². The molecule has 5 nitrogen and oxygen atoms in total. The highest BCUT2D eigenvalue weighted by Crippen LogP contribution is 2.24. The number of hydrogen-bond acceptors (Lipinski definition) is 3. The third kappa shape index (κ3) is 2.24. The molecule has 1 aromatic heterocycles. The number of amides is 1. The maximum Gasteiger partial charge on any atom is 0.240 e. The zero-order valence-corrected chi connectivity index (χ0v) is 11.1. The Morgan fingerprint density at radius 1 is 1.56 bits per heavy atom. The average molecular weight is 265 g/mol. The summed E-state index contributed by atoms with van der Waals surface area (Å²) in [7, 11) is 1.60. The molecular formula is C12H15N3O2S. The molecule has 2 aromatic rings. The minimum absolute atomic E-state index is 0.0580. The molecule has 0 fully saturated rings. The number of imidazole rings is 1. The normalized spacial score (nSPS) is 10.6. The number of fused-ring (bicyclic) bond motifs is 1. The summed E-state index contributed by atoms with van der Waals surface area (Å²) in [5.74, 6) is 0.658. The number of nitrogens with zero attached hydrogens (tertiary/aromatic N) is 1. The van der Waals surface area contributed by atoms with E-state index in [9.17, 15) is 4.79 Å². The first-order chi connectivity index (χ1) is 8.67. The molecule has 0 aliphatic heterocycles. The van der Waals surface area contributed by atoms with Gasteiger partial charge in [-0.2, -0.15) is 0 Å². The second-order valence-electron chi connectivity index (χ2n) is 3.82. The van der Waals surface area contributed by atoms with Crippen LogP contribution in [0.4, 0.5) is 0 Å². The molecule has 0 aliphatic carbocycles. The number of nitrogens with one attached hydrogen (secondary N) is 2. The Hall–Kier alpha value is -1.82. The fourth-order valence-electron chi connectivity index (χ4n) is 1.88. The van der Waals surface area contributed by atoms with E-state index in [1.165, 1.54) is 0 Å². The van der Waals surface area contributed by atoms with Crippen LogP contribution < -0.4 is 10.1 Å². The van der Waals surface area contributed by atoms with Gasteiger partial charge in [0.1, 0.15) is 17.8 Å². The Balaban J connectivity index is 2.48. The number of aromatic nitrogens is 2. The molecule has 2 rings (SSSR count). The third-order valence-electron chi connectivity index (χ3n) is 2.67. The van der Waals surface area contributed by atoms with Gasteiger partial charge in [-0.1, -0.05) is 6.07 Å². The van der Waals surface area contributed by atoms with Crippen LogP contribution in [0.5, 0.6) is 5.75 Å². The number of ether oxygens (including phenoxy) is 1. The minimum atomic E-state index is -0.0580. The first-order valence-electron chi connectivity index (χ1n) is 5.69. The molecular weight excluding hydrogens is 250 g/mol. The summed E-state index contributed by atoms with van der Waals surface area (Å²) in [6.07, 6.45) is 0. The summed E-state index contributed by atoms with van der Waals surface area (Å²) in [6, 6.07) is 5.63. The van der Waals surface area contributed by atoms with Crippen LogP contribution in [0.15, 0.2) is 18.2 Å². The summed E-state index contributed by atoms with van der Waals surface area (Å²) in [4.78, 5) is 14.7. The number of para-hydroxylation sites is 1. The highest BCUT2D eigenvalue weighted by molar-refractivity contribution is 7.71. The first kappa shape index (κ1) is 12.6. The molecule has 0 saturated carbocycles. The van der Waals surface area contributed by atoms with Gasteiger partial charge >= 0.3 is 0 Å². The molecule has 18 heavy (non-hydrogen) atoms. The van der Waals surface area contributed by atoms with Crippen molar-refractivity contribution in [2.24, 2.45) is 0 Å². The van der Waals surface area contributed by atoms with Crippen molar-refractivity contribution in [3.05, 3.63) is 23.0 Å². The van der Waals surface area contributed by atoms with Gasteiger partial charge in [-0.3, -0.25) is 4.79 Å². The highest BCUT2D eigenvalue weighted by Gasteiger charge is 2.10. The summed E-state index contributed by atoms with van der Waals surface area (Å²) in [5, 5.41) is 2.75. The van der Waals surface area contributed by atoms with E-state index >= 15 is 0 Å². The van der Waals surface area contributed by atoms with E-state index in [1.54, 1.807) is 11.7 Å². The summed E-state index contributed by atoms with van der Waals surface area (Å²) >= 11 is 5.23. The van der Waals surface area contributed by atoms with Crippen molar-refractivity contribution in [3.8, 4) is 5.75 Å². The Morgan fingerprint density at radius 2 is 2.33 bits per heavy atom. The van der Waals surface area contributed by atoms with E-state index in [4.69, 9.17) is 17.0 Å². The maximum absolute atomic E-state index is 11.6. The second kappa shape index (κ2) is 5.22. The van der Waals surface area contributed by atoms with Crippen LogP contribution in [0.25, 0.3) is 11.0 Å². The molecule has 0 bridgehead atoms. The van der Waals surface area contributed by atoms with E-state index < -0.39 is 0 Å². The number of aromatic amines is 1. The first-order valence-corrected chi connectivity index (χ1v) is 6.10. The Morgan fingerprint density at radius 3 is 3.00 bits per heavy atom. The molecule has 6 heteroatoms. The summed E-state index contributed by atoms with van der Waals surface area (Å²) in [5.41, 5.74) is 1.68. The van der Waals surface area contributed by atoms with Gasteiger partial charge in [-0.15, -0.1) is 0 Å². The van der Waals surface area contributed by atoms with Crippen LogP contribution in [0, 0.1) is 4.77 Å². The fourth-order valence-corrected chi connectivity index (χ4v) is 2.14. The number of carbonyl (C=O) groups excluding carboxylic acids is 1. The highest BCUT2D eigenvalue weighted by atomic mass is 32.1. The molecule has 2 N–H and O–H groups in total. The number of hydrogen-bond donors (Lipinski definition) is 2. The molecule has 0 unspecified atom stereocenters. The van der Waals surface area contributed by atoms with Crippen LogP contribution in [0.1, 0.15) is 6.92 Å². The Bertz CT molecular complexity index is 630. The van der Waals surface area contributed by atoms with Gasteiger partial charge in [0.2, 0.25) is 5.91 Å². The van der Waals surface area contributed by atoms with Gasteiger partial charge in [-0.05, 0) is 31.3 Å². The van der Waals surface area contributed by atoms with Crippen molar-refractivity contribution in [1.29, 1.82) is 0 Å². The number of methoxy groups -OCH3 is 1. The van der Waals surface area contributed by atoms with Crippen molar-refractivity contribution in [2.75, 3.05) is 13.7 Å². The zero-order valence-electron chi connectivity index (χ0n) is 10.3. The predicted molar refractivity (Wildman–Crippen MR) is 72.4 cm³/mol. The van der Waals surface area contributed by atoms with Crippen LogP contribution >= 0.6 is 12.2 Å². The number of benzene rings is 1. The van der Waals surface area contributed by atoms with Crippen molar-refractivity contribution >= 4 is 29.2 Å². The van der Waals surface area contributed by atoms with Gasteiger partial charge in [0.25, 0.3) is 0 Å². The van der Waals surface area contributed by atoms with Crippen LogP contribution in [0.2, 0.25) is 0 Å². The Kier molecular flexibility index (Phi) is 3.66. The molecule has 1 amide bonds. The SMILES string of the molecule is CCNC(=O)Cn1c(=S)[nH]c2c(OC)cccc21. The van der Waals surface area contributed by atoms with E-state index in [0.717, 1.165) is 11.0 Å². The van der Waals surface area contributed by atoms with Gasteiger partial charge < -0.3 is 19.6 Å². The monoisotopic (exact) mass is 265 g/mol. The lowest BCUT2D eigenvalue weighted by molar-refractivity contribution is -0.121. The number of rotatable bonds is 4. The molecule has 0 aliphatic rings. The third-order valence-corrected chi connectivity index (χ3v) is 2.99. The Labute approximate surface area is 110 Å². The summed E-state index contributed by atoms with van der Waals surface area (Å²) < 4.78 is 7.53. The smallest absolute Gasteiger partial charge is 0.240 e. The lowest BCUT2D eigenvalue weighted by Gasteiger charge is -2.05. The van der Waals surface area contributed by atoms with Crippen molar-refractivity contribution in [1.82, 2.24) is 14.9 Å². The standard InChI is InChI=1S/C12H15N3O2S/c1-3-13-10(16)7-15-8-5-4-6-9(17-2)11(8)14-12(15)18/h4-6H,3,7H2,1-2H3,(H,13,16)(H,14,18). The van der Waals surface area contributed by atoms with Crippen LogP contribution in [-0.4, -0.2) is 29.1 Å². The number of H-pyrrole nitrogens is 1. The zero-order chi connectivity index (χ0) is 13.1. The lowest BCUT2D eigenvalue weighted by Crippen LogP contribution is -2.27. The van der Waals surface area contributed by atoms with Crippen molar-refractivity contribution in [2.45, 2.75) is 13.5 Å². The van der Waals surface area contributed by atoms with E-state index in [2.05, 4.69) is 10.3 Å². The maximum atomic E-state index is 11.6. The van der Waals surface area contributed by atoms with E-state index in [1.807, 2.05) is 25.1 Å². The molecule has 0 saturated heterocycles. The molecule has 96 valence electrons. The minimum Gasteiger partial charge on any atom is -0.494 e. The fraction of sp³-hybridized carbons (Fsp3) is 0.333. The van der Waals surface area contributed by atoms with Crippen LogP contribution in [0.3, 0.4) is 0 Å². The van der Waals surface area contributed by atoms with Gasteiger partial charge in [0.05, 0.1) is 12.6 Å². The predicted octanol–water partition coefficient (Wildman–Crippen LogP) is 1.84. The molecule has 0 spiro atoms. The lowest BCUT2D eigenvalue weighted by atomic mass is 10.3. The van der Waals surface area contributed by atoms with Crippen molar-refractivity contribution in [3.63, 3.8) is 0 Å². The van der Waals surface area contributed by atoms with Gasteiger partial charge in [-0.25, -0.2) is 0 Å². The second-order valence-corrected chi connectivity index (χ2v) is 4.21. The van der Waals surface area contributed by atoms with Crippen LogP contribution in [-0.2, 0) is 11.3 Å². The number of likely N-dealkylation sites (N-methyl/N-ethyl adjacent to an activating group) is 1. The molecule has 0 atom stereocenters. The summed E-state index contributed by atoms with van der Waals surface area (Å²) in [6.45, 7) is 2.70. The van der Waals surface area contributed by atoms with Gasteiger partial charge in [0.15, 0.2) is 4.77 Å². The molecule has 0 radical (unpaired) electrons. The molecule has 1 heterocycles. The van der Waals surface area contributed by atoms with E-state index in [-0.39, 0.29) is 12.5 Å². The quantitative estimate of drug-likeness (QED) is 0.829. The van der Waals surface area contributed by atoms with Gasteiger partial charge in [0, 0.05) is 6.54 Å². The van der Waals surface area contributed by atoms with E-state index in [0.29, 0.717) is 17.1 Å². The molecule has 1 aromatic carbocycles. The van der Waals surface area contributed by atoms with Crippen molar-refractivity contribution < 1.29 is 9.53 Å².